The highest BCUT2D eigenvalue weighted by molar-refractivity contribution is 5.98. The fourth-order valence-electron chi connectivity index (χ4n) is 8.03. The van der Waals surface area contributed by atoms with Crippen molar-refractivity contribution in [1.82, 2.24) is 10.2 Å². The van der Waals surface area contributed by atoms with Gasteiger partial charge in [-0.05, 0) is 71.8 Å². The van der Waals surface area contributed by atoms with Gasteiger partial charge in [0.15, 0.2) is 0 Å². The van der Waals surface area contributed by atoms with E-state index >= 15 is 0 Å². The molecule has 2 atom stereocenters. The van der Waals surface area contributed by atoms with Crippen molar-refractivity contribution < 1.29 is 14.6 Å². The molecule has 0 saturated carbocycles. The van der Waals surface area contributed by atoms with E-state index in [1.165, 1.54) is 41.9 Å². The van der Waals surface area contributed by atoms with Crippen molar-refractivity contribution in [3.05, 3.63) is 119 Å². The van der Waals surface area contributed by atoms with Crippen LogP contribution in [0.15, 0.2) is 91.0 Å². The molecule has 0 bridgehead atoms. The molecule has 236 valence electrons. The van der Waals surface area contributed by atoms with E-state index in [4.69, 9.17) is 4.74 Å². The van der Waals surface area contributed by atoms with Crippen LogP contribution in [0, 0.1) is 5.92 Å². The molecule has 4 aromatic carbocycles. The predicted molar refractivity (Wildman–Crippen MR) is 182 cm³/mol. The number of phenols is 1. The molecule has 4 aliphatic rings. The van der Waals surface area contributed by atoms with Gasteiger partial charge in [0.05, 0.1) is 6.61 Å². The lowest BCUT2D eigenvalue weighted by Crippen LogP contribution is -2.49. The zero-order chi connectivity index (χ0) is 31.0. The third kappa shape index (κ3) is 5.69. The predicted octanol–water partition coefficient (Wildman–Crippen LogP) is 5.98. The van der Waals surface area contributed by atoms with Crippen LogP contribution >= 0.6 is 0 Å². The van der Waals surface area contributed by atoms with Crippen LogP contribution in [0.1, 0.15) is 57.3 Å². The average molecular weight is 615 g/mol. The lowest BCUT2D eigenvalue weighted by molar-refractivity contribution is 0.0965. The number of fused-ring (bicyclic) bond motifs is 2. The maximum atomic E-state index is 11.9. The second-order valence-corrected chi connectivity index (χ2v) is 13.4. The maximum absolute atomic E-state index is 11.9. The Kier molecular flexibility index (Phi) is 7.78. The molecule has 0 unspecified atom stereocenters. The first-order valence-electron chi connectivity index (χ1n) is 16.8. The van der Waals surface area contributed by atoms with Gasteiger partial charge in [-0.25, -0.2) is 0 Å². The highest BCUT2D eigenvalue weighted by Gasteiger charge is 2.34. The quantitative estimate of drug-likeness (QED) is 0.279. The number of nitrogens with one attached hydrogen (secondary N) is 1. The number of phenolic OH excluding ortho intramolecular Hbond substituents is 1. The molecule has 2 fully saturated rings. The second-order valence-electron chi connectivity index (χ2n) is 13.4. The summed E-state index contributed by atoms with van der Waals surface area (Å²) < 4.78 is 6.16. The molecule has 1 amide bonds. The summed E-state index contributed by atoms with van der Waals surface area (Å²) in [6.07, 6.45) is 2.45. The highest BCUT2D eigenvalue weighted by atomic mass is 16.5. The zero-order valence-corrected chi connectivity index (χ0v) is 26.3. The minimum absolute atomic E-state index is 0.0510. The van der Waals surface area contributed by atoms with Gasteiger partial charge in [0.2, 0.25) is 0 Å². The average Bonchev–Trinajstić information content (AvgIpc) is 3.48. The van der Waals surface area contributed by atoms with Gasteiger partial charge < -0.3 is 25.0 Å². The van der Waals surface area contributed by atoms with Gasteiger partial charge in [0, 0.05) is 92.8 Å². The standard InChI is InChI=1S/C39H42N4O3/c44-33-11-13-35-37(23-33)46-26-36(28-4-2-1-3-5-28)38(35)29-6-8-31(9-7-29)42-16-14-27(15-17-42)25-41-18-20-43(21-19-41)32-10-12-34-30(22-32)24-40-39(34)45/h1-13,22-23,27,36,38,44H,14-21,24-26H2,(H,40,45)/t36-,38-/m1/s1. The highest BCUT2D eigenvalue weighted by Crippen LogP contribution is 2.47. The van der Waals surface area contributed by atoms with E-state index in [1.54, 1.807) is 12.1 Å². The Labute approximate surface area is 271 Å². The van der Waals surface area contributed by atoms with Crippen molar-refractivity contribution in [3.8, 4) is 11.5 Å². The number of carbonyl (C=O) groups is 1. The van der Waals surface area contributed by atoms with Crippen molar-refractivity contribution in [1.29, 1.82) is 0 Å². The van der Waals surface area contributed by atoms with Crippen LogP contribution in [0.5, 0.6) is 11.5 Å². The number of ether oxygens (including phenoxy) is 1. The topological polar surface area (TPSA) is 68.3 Å². The van der Waals surface area contributed by atoms with Crippen molar-refractivity contribution in [2.75, 3.05) is 62.2 Å². The third-order valence-corrected chi connectivity index (χ3v) is 10.6. The Morgan fingerprint density at radius 2 is 1.50 bits per heavy atom. The molecule has 0 aromatic heterocycles. The summed E-state index contributed by atoms with van der Waals surface area (Å²) in [6.45, 7) is 8.87. The molecule has 0 spiro atoms. The summed E-state index contributed by atoms with van der Waals surface area (Å²) in [6, 6.07) is 31.7. The molecule has 4 heterocycles. The van der Waals surface area contributed by atoms with E-state index in [0.717, 1.165) is 67.6 Å². The van der Waals surface area contributed by atoms with E-state index in [-0.39, 0.29) is 23.5 Å². The van der Waals surface area contributed by atoms with E-state index in [9.17, 15) is 9.90 Å². The molecular formula is C39H42N4O3. The van der Waals surface area contributed by atoms with Gasteiger partial charge in [0.25, 0.3) is 5.91 Å². The number of aromatic hydroxyl groups is 1. The number of rotatable bonds is 6. The Morgan fingerprint density at radius 1 is 0.761 bits per heavy atom. The summed E-state index contributed by atoms with van der Waals surface area (Å²) >= 11 is 0. The lowest BCUT2D eigenvalue weighted by Gasteiger charge is -2.40. The van der Waals surface area contributed by atoms with Gasteiger partial charge >= 0.3 is 0 Å². The van der Waals surface area contributed by atoms with Crippen molar-refractivity contribution in [2.45, 2.75) is 31.2 Å². The summed E-state index contributed by atoms with van der Waals surface area (Å²) in [7, 11) is 0. The zero-order valence-electron chi connectivity index (χ0n) is 26.3. The maximum Gasteiger partial charge on any atom is 0.251 e. The fourth-order valence-corrected chi connectivity index (χ4v) is 8.03. The monoisotopic (exact) mass is 614 g/mol. The minimum Gasteiger partial charge on any atom is -0.508 e. The smallest absolute Gasteiger partial charge is 0.251 e. The second kappa shape index (κ2) is 12.4. The number of benzene rings is 4. The Balaban J connectivity index is 0.877. The van der Waals surface area contributed by atoms with Crippen LogP contribution in [0.25, 0.3) is 0 Å². The molecule has 0 aliphatic carbocycles. The van der Waals surface area contributed by atoms with Crippen LogP contribution in [-0.2, 0) is 6.54 Å². The Hall–Kier alpha value is -4.49. The summed E-state index contributed by atoms with van der Waals surface area (Å²) in [5, 5.41) is 13.0. The van der Waals surface area contributed by atoms with Gasteiger partial charge in [-0.2, -0.15) is 0 Å². The van der Waals surface area contributed by atoms with Crippen LogP contribution in [-0.4, -0.2) is 68.3 Å². The number of amides is 1. The molecule has 0 radical (unpaired) electrons. The number of anilines is 2. The van der Waals surface area contributed by atoms with E-state index < -0.39 is 0 Å². The van der Waals surface area contributed by atoms with Gasteiger partial charge in [0.1, 0.15) is 11.5 Å². The van der Waals surface area contributed by atoms with Crippen molar-refractivity contribution in [3.63, 3.8) is 0 Å². The van der Waals surface area contributed by atoms with E-state index in [1.807, 2.05) is 12.1 Å². The van der Waals surface area contributed by atoms with Crippen molar-refractivity contribution in [2.24, 2.45) is 5.92 Å². The first-order chi connectivity index (χ1) is 22.6. The number of nitrogens with zero attached hydrogens (tertiary/aromatic N) is 3. The Morgan fingerprint density at radius 3 is 2.28 bits per heavy atom. The fraction of sp³-hybridized carbons (Fsp3) is 0.359. The van der Waals surface area contributed by atoms with Gasteiger partial charge in [-0.3, -0.25) is 9.69 Å². The normalized spacial score (nSPS) is 21.8. The molecule has 2 saturated heterocycles. The van der Waals surface area contributed by atoms with Crippen LogP contribution < -0.4 is 19.9 Å². The molecule has 7 heteroatoms. The van der Waals surface area contributed by atoms with Crippen LogP contribution in [0.4, 0.5) is 11.4 Å². The molecule has 2 N–H and O–H groups in total. The first-order valence-corrected chi connectivity index (χ1v) is 16.8. The number of hydrogen-bond donors (Lipinski definition) is 2. The van der Waals surface area contributed by atoms with Gasteiger partial charge in [-0.1, -0.05) is 48.5 Å². The first kappa shape index (κ1) is 28.9. The van der Waals surface area contributed by atoms with Crippen LogP contribution in [0.2, 0.25) is 0 Å². The lowest BCUT2D eigenvalue weighted by atomic mass is 9.76. The number of carbonyl (C=O) groups excluding carboxylic acids is 1. The SMILES string of the molecule is O=C1NCc2cc(N3CCN(CC4CCN(c5ccc([C@@H]6c7ccc(O)cc7OC[C@@H]6c6ccccc6)cc5)CC4)CC3)ccc21. The molecule has 7 nitrogen and oxygen atoms in total. The molecule has 4 aliphatic heterocycles. The van der Waals surface area contributed by atoms with Gasteiger partial charge in [-0.15, -0.1) is 0 Å². The largest absolute Gasteiger partial charge is 0.508 e. The van der Waals surface area contributed by atoms with Crippen molar-refractivity contribution >= 4 is 17.3 Å². The van der Waals surface area contributed by atoms with E-state index in [0.29, 0.717) is 13.2 Å². The molecule has 4 aromatic rings. The summed E-state index contributed by atoms with van der Waals surface area (Å²) in [5.41, 5.74) is 8.19. The van der Waals surface area contributed by atoms with Crippen LogP contribution in [0.3, 0.4) is 0 Å². The number of piperidine rings is 1. The molecular weight excluding hydrogens is 572 g/mol. The van der Waals surface area contributed by atoms with E-state index in [2.05, 4.69) is 86.7 Å². The molecule has 8 rings (SSSR count). The summed E-state index contributed by atoms with van der Waals surface area (Å²) in [4.78, 5) is 19.6. The number of hydrogen-bond acceptors (Lipinski definition) is 6. The molecule has 46 heavy (non-hydrogen) atoms. The third-order valence-electron chi connectivity index (χ3n) is 10.6. The summed E-state index contributed by atoms with van der Waals surface area (Å²) in [5.74, 6) is 2.18. The Bertz CT molecular complexity index is 1690. The minimum atomic E-state index is 0.0510. The number of piperazine rings is 1.